The first-order valence-corrected chi connectivity index (χ1v) is 8.17. The van der Waals surface area contributed by atoms with Gasteiger partial charge in [0.1, 0.15) is 17.4 Å². The molecule has 0 aromatic heterocycles. The molecular weight excluding hydrogens is 260 g/mol. The average molecular weight is 284 g/mol. The van der Waals surface area contributed by atoms with Gasteiger partial charge in [-0.15, -0.1) is 0 Å². The summed E-state index contributed by atoms with van der Waals surface area (Å²) in [5.74, 6) is 0.928. The molecule has 0 amide bonds. The number of nitrogens with one attached hydrogen (secondary N) is 1. The minimum atomic E-state index is -0.368. The van der Waals surface area contributed by atoms with E-state index in [0.717, 1.165) is 37.9 Å². The van der Waals surface area contributed by atoms with Gasteiger partial charge in [0.15, 0.2) is 0 Å². The van der Waals surface area contributed by atoms with Crippen LogP contribution in [0.1, 0.15) is 51.0 Å². The summed E-state index contributed by atoms with van der Waals surface area (Å²) in [7, 11) is 0. The van der Waals surface area contributed by atoms with Crippen LogP contribution >= 0.6 is 0 Å². The second kappa shape index (κ2) is 6.07. The van der Waals surface area contributed by atoms with Crippen molar-refractivity contribution in [3.63, 3.8) is 0 Å². The molecule has 21 heavy (non-hydrogen) atoms. The zero-order valence-electron chi connectivity index (χ0n) is 12.8. The zero-order valence-corrected chi connectivity index (χ0v) is 12.8. The molecule has 0 bridgehead atoms. The molecule has 0 aliphatic heterocycles. The first-order chi connectivity index (χ1) is 10.2. The lowest BCUT2D eigenvalue weighted by atomic mass is 9.81. The highest BCUT2D eigenvalue weighted by molar-refractivity contribution is 5.27. The van der Waals surface area contributed by atoms with Crippen LogP contribution in [0, 0.1) is 11.3 Å². The van der Waals surface area contributed by atoms with E-state index in [1.165, 1.54) is 18.4 Å². The van der Waals surface area contributed by atoms with Crippen LogP contribution in [0.5, 0.6) is 5.75 Å². The molecule has 0 heterocycles. The van der Waals surface area contributed by atoms with Crippen LogP contribution < -0.4 is 10.1 Å². The van der Waals surface area contributed by atoms with Crippen molar-refractivity contribution in [3.05, 3.63) is 29.8 Å². The van der Waals surface area contributed by atoms with Gasteiger partial charge in [0.05, 0.1) is 6.07 Å². The maximum absolute atomic E-state index is 9.60. The highest BCUT2D eigenvalue weighted by Gasteiger charge is 2.41. The third-order valence-corrected chi connectivity index (χ3v) is 4.61. The Kier molecular flexibility index (Phi) is 4.17. The van der Waals surface area contributed by atoms with E-state index in [1.807, 2.05) is 0 Å². The van der Waals surface area contributed by atoms with E-state index in [4.69, 9.17) is 4.74 Å². The molecule has 3 nitrogen and oxygen atoms in total. The molecule has 2 saturated carbocycles. The van der Waals surface area contributed by atoms with Crippen LogP contribution in [0.4, 0.5) is 0 Å². The molecular formula is C18H24N2O. The number of hydrogen-bond acceptors (Lipinski definition) is 3. The summed E-state index contributed by atoms with van der Waals surface area (Å²) in [4.78, 5) is 0. The lowest BCUT2D eigenvalue weighted by Gasteiger charge is -2.36. The Balaban J connectivity index is 1.63. The Morgan fingerprint density at radius 1 is 1.29 bits per heavy atom. The number of hydrogen-bond donors (Lipinski definition) is 1. The standard InChI is InChI=1S/C18H24N2O/c1-2-14-5-9-16(10-6-14)21-17-4-3-11-18(12-17,13-19)20-15-7-8-15/h5-6,9-10,15,17,20H,2-4,7-8,11-12H2,1H3. The molecule has 0 radical (unpaired) electrons. The zero-order chi connectivity index (χ0) is 14.7. The topological polar surface area (TPSA) is 45.0 Å². The molecule has 1 N–H and O–H groups in total. The molecule has 3 rings (SSSR count). The molecule has 1 aromatic rings. The van der Waals surface area contributed by atoms with Crippen molar-refractivity contribution in [1.29, 1.82) is 5.26 Å². The lowest BCUT2D eigenvalue weighted by molar-refractivity contribution is 0.112. The second-order valence-corrected chi connectivity index (χ2v) is 6.45. The smallest absolute Gasteiger partial charge is 0.119 e. The number of nitrogens with zero attached hydrogens (tertiary/aromatic N) is 1. The number of ether oxygens (including phenoxy) is 1. The van der Waals surface area contributed by atoms with Crippen molar-refractivity contribution in [2.45, 2.75) is 69.6 Å². The molecule has 2 fully saturated rings. The molecule has 2 aliphatic rings. The number of nitriles is 1. The average Bonchev–Trinajstić information content (AvgIpc) is 3.32. The Morgan fingerprint density at radius 3 is 2.67 bits per heavy atom. The molecule has 3 heteroatoms. The minimum absolute atomic E-state index is 0.150. The van der Waals surface area contributed by atoms with Crippen LogP contribution in [0.3, 0.4) is 0 Å². The van der Waals surface area contributed by atoms with Crippen molar-refractivity contribution >= 4 is 0 Å². The third-order valence-electron chi connectivity index (χ3n) is 4.61. The number of aryl methyl sites for hydroxylation is 1. The van der Waals surface area contributed by atoms with Gasteiger partial charge in [0.25, 0.3) is 0 Å². The number of rotatable bonds is 5. The summed E-state index contributed by atoms with van der Waals surface area (Å²) in [6, 6.07) is 11.4. The molecule has 0 saturated heterocycles. The first kappa shape index (κ1) is 14.4. The Labute approximate surface area is 127 Å². The highest BCUT2D eigenvalue weighted by atomic mass is 16.5. The minimum Gasteiger partial charge on any atom is -0.490 e. The molecule has 2 atom stereocenters. The summed E-state index contributed by atoms with van der Waals surface area (Å²) >= 11 is 0. The fraction of sp³-hybridized carbons (Fsp3) is 0.611. The molecule has 1 aromatic carbocycles. The highest BCUT2D eigenvalue weighted by Crippen LogP contribution is 2.34. The summed E-state index contributed by atoms with van der Waals surface area (Å²) < 4.78 is 6.12. The quantitative estimate of drug-likeness (QED) is 0.898. The van der Waals surface area contributed by atoms with Crippen molar-refractivity contribution in [2.24, 2.45) is 0 Å². The van der Waals surface area contributed by atoms with E-state index in [1.54, 1.807) is 0 Å². The molecule has 2 aliphatic carbocycles. The van der Waals surface area contributed by atoms with Crippen LogP contribution in [-0.4, -0.2) is 17.7 Å². The Hall–Kier alpha value is -1.53. The van der Waals surface area contributed by atoms with Gasteiger partial charge in [-0.1, -0.05) is 19.1 Å². The second-order valence-electron chi connectivity index (χ2n) is 6.45. The molecule has 0 spiro atoms. The van der Waals surface area contributed by atoms with Gasteiger partial charge in [-0.25, -0.2) is 0 Å². The van der Waals surface area contributed by atoms with Crippen LogP contribution in [0.25, 0.3) is 0 Å². The van der Waals surface area contributed by atoms with Crippen molar-refractivity contribution in [2.75, 3.05) is 0 Å². The summed E-state index contributed by atoms with van der Waals surface area (Å²) in [6.07, 6.45) is 7.49. The van der Waals surface area contributed by atoms with Crippen molar-refractivity contribution in [3.8, 4) is 11.8 Å². The predicted octanol–water partition coefficient (Wildman–Crippen LogP) is 3.58. The van der Waals surface area contributed by atoms with Gasteiger partial charge in [0.2, 0.25) is 0 Å². The fourth-order valence-corrected chi connectivity index (χ4v) is 3.20. The lowest BCUT2D eigenvalue weighted by Crippen LogP contribution is -2.50. The largest absolute Gasteiger partial charge is 0.490 e. The first-order valence-electron chi connectivity index (χ1n) is 8.17. The summed E-state index contributed by atoms with van der Waals surface area (Å²) in [5.41, 5.74) is 0.959. The van der Waals surface area contributed by atoms with E-state index >= 15 is 0 Å². The predicted molar refractivity (Wildman–Crippen MR) is 83.2 cm³/mol. The van der Waals surface area contributed by atoms with Gasteiger partial charge < -0.3 is 4.74 Å². The number of benzene rings is 1. The summed E-state index contributed by atoms with van der Waals surface area (Å²) in [5, 5.41) is 13.2. The maximum atomic E-state index is 9.60. The van der Waals surface area contributed by atoms with Gasteiger partial charge in [-0.3, -0.25) is 5.32 Å². The Bertz CT molecular complexity index is 515. The van der Waals surface area contributed by atoms with Crippen LogP contribution in [0.15, 0.2) is 24.3 Å². The normalized spacial score (nSPS) is 28.9. The molecule has 2 unspecified atom stereocenters. The van der Waals surface area contributed by atoms with E-state index in [2.05, 4.69) is 42.6 Å². The monoisotopic (exact) mass is 284 g/mol. The van der Waals surface area contributed by atoms with Gasteiger partial charge in [-0.2, -0.15) is 5.26 Å². The van der Waals surface area contributed by atoms with Crippen molar-refractivity contribution in [1.82, 2.24) is 5.32 Å². The fourth-order valence-electron chi connectivity index (χ4n) is 3.20. The van der Waals surface area contributed by atoms with Crippen LogP contribution in [0.2, 0.25) is 0 Å². The van der Waals surface area contributed by atoms with E-state index in [9.17, 15) is 5.26 Å². The SMILES string of the molecule is CCc1ccc(OC2CCCC(C#N)(NC3CC3)C2)cc1. The van der Waals surface area contributed by atoms with Gasteiger partial charge in [-0.05, 0) is 56.2 Å². The molecule has 112 valence electrons. The van der Waals surface area contributed by atoms with Crippen LogP contribution in [-0.2, 0) is 6.42 Å². The van der Waals surface area contributed by atoms with Crippen molar-refractivity contribution < 1.29 is 4.74 Å². The Morgan fingerprint density at radius 2 is 2.05 bits per heavy atom. The van der Waals surface area contributed by atoms with E-state index in [-0.39, 0.29) is 11.6 Å². The van der Waals surface area contributed by atoms with E-state index in [0.29, 0.717) is 6.04 Å². The van der Waals surface area contributed by atoms with Gasteiger partial charge >= 0.3 is 0 Å². The third kappa shape index (κ3) is 3.57. The summed E-state index contributed by atoms with van der Waals surface area (Å²) in [6.45, 7) is 2.15. The van der Waals surface area contributed by atoms with E-state index < -0.39 is 0 Å². The maximum Gasteiger partial charge on any atom is 0.119 e. The van der Waals surface area contributed by atoms with Gasteiger partial charge in [0, 0.05) is 12.5 Å².